The van der Waals surface area contributed by atoms with Crippen molar-refractivity contribution in [1.29, 1.82) is 0 Å². The number of benzene rings is 1. The molecule has 162 valence electrons. The minimum absolute atomic E-state index is 0. The summed E-state index contributed by atoms with van der Waals surface area (Å²) in [7, 11) is 1.78. The third kappa shape index (κ3) is 8.24. The number of nitrogens with one attached hydrogen (secondary N) is 2. The smallest absolute Gasteiger partial charge is 0.191 e. The highest BCUT2D eigenvalue weighted by Gasteiger charge is 2.10. The molecule has 1 heterocycles. The van der Waals surface area contributed by atoms with Gasteiger partial charge in [-0.15, -0.1) is 24.0 Å². The van der Waals surface area contributed by atoms with Crippen molar-refractivity contribution in [2.24, 2.45) is 10.9 Å². The van der Waals surface area contributed by atoms with Crippen molar-refractivity contribution in [3.63, 3.8) is 0 Å². The van der Waals surface area contributed by atoms with Crippen LogP contribution in [0.5, 0.6) is 5.75 Å². The van der Waals surface area contributed by atoms with Crippen LogP contribution in [0.1, 0.15) is 51.1 Å². The van der Waals surface area contributed by atoms with Crippen molar-refractivity contribution in [2.75, 3.05) is 7.05 Å². The molecule has 1 aromatic heterocycles. The Bertz CT molecular complexity index is 772. The molecule has 0 aliphatic carbocycles. The standard InChI is InChI=1S/C22H35N5O.HI/c1-7-18(5)28-20-12-17(4)8-9-19(20)13-25-22(23-6)26-14-21-24-10-11-27(21)15-16(2)3;/h8-12,16,18H,7,13-15H2,1-6H3,(H2,23,25,26);1H. The van der Waals surface area contributed by atoms with Gasteiger partial charge < -0.3 is 19.9 Å². The van der Waals surface area contributed by atoms with Crippen LogP contribution in [-0.2, 0) is 19.6 Å². The first-order chi connectivity index (χ1) is 13.4. The lowest BCUT2D eigenvalue weighted by atomic mass is 10.1. The highest BCUT2D eigenvalue weighted by Crippen LogP contribution is 2.22. The number of ether oxygens (including phenoxy) is 1. The second kappa shape index (κ2) is 12.7. The predicted octanol–water partition coefficient (Wildman–Crippen LogP) is 4.51. The Morgan fingerprint density at radius 3 is 2.59 bits per heavy atom. The highest BCUT2D eigenvalue weighted by atomic mass is 127. The van der Waals surface area contributed by atoms with Gasteiger partial charge >= 0.3 is 0 Å². The molecule has 0 radical (unpaired) electrons. The Kier molecular flexibility index (Phi) is 11.1. The van der Waals surface area contributed by atoms with E-state index in [0.717, 1.165) is 36.1 Å². The molecule has 6 nitrogen and oxygen atoms in total. The third-order valence-corrected chi connectivity index (χ3v) is 4.57. The summed E-state index contributed by atoms with van der Waals surface area (Å²) in [6, 6.07) is 6.32. The summed E-state index contributed by atoms with van der Waals surface area (Å²) in [6.45, 7) is 13.0. The fourth-order valence-electron chi connectivity index (χ4n) is 2.85. The third-order valence-electron chi connectivity index (χ3n) is 4.57. The molecule has 0 saturated heterocycles. The fourth-order valence-corrected chi connectivity index (χ4v) is 2.85. The van der Waals surface area contributed by atoms with Crippen LogP contribution < -0.4 is 15.4 Å². The summed E-state index contributed by atoms with van der Waals surface area (Å²) >= 11 is 0. The Balaban J connectivity index is 0.00000420. The van der Waals surface area contributed by atoms with Crippen LogP contribution in [0.2, 0.25) is 0 Å². The summed E-state index contributed by atoms with van der Waals surface area (Å²) < 4.78 is 8.28. The van der Waals surface area contributed by atoms with E-state index in [1.807, 2.05) is 12.4 Å². The van der Waals surface area contributed by atoms with Crippen molar-refractivity contribution in [3.05, 3.63) is 47.5 Å². The van der Waals surface area contributed by atoms with Crippen molar-refractivity contribution in [2.45, 2.75) is 66.8 Å². The van der Waals surface area contributed by atoms with Crippen LogP contribution in [-0.4, -0.2) is 28.7 Å². The zero-order valence-corrected chi connectivity index (χ0v) is 20.9. The van der Waals surface area contributed by atoms with Crippen molar-refractivity contribution in [3.8, 4) is 5.75 Å². The van der Waals surface area contributed by atoms with E-state index in [2.05, 4.69) is 78.0 Å². The van der Waals surface area contributed by atoms with E-state index < -0.39 is 0 Å². The van der Waals surface area contributed by atoms with E-state index in [4.69, 9.17) is 4.74 Å². The highest BCUT2D eigenvalue weighted by molar-refractivity contribution is 14.0. The van der Waals surface area contributed by atoms with Gasteiger partial charge in [-0.05, 0) is 37.8 Å². The number of aromatic nitrogens is 2. The zero-order chi connectivity index (χ0) is 20.5. The van der Waals surface area contributed by atoms with Crippen LogP contribution in [0.4, 0.5) is 0 Å². The number of nitrogens with zero attached hydrogens (tertiary/aromatic N) is 3. The average molecular weight is 513 g/mol. The number of aryl methyl sites for hydroxylation is 1. The van der Waals surface area contributed by atoms with Gasteiger partial charge in [0.05, 0.1) is 12.6 Å². The first-order valence-corrected chi connectivity index (χ1v) is 10.1. The Hall–Kier alpha value is -1.77. The predicted molar refractivity (Wildman–Crippen MR) is 131 cm³/mol. The monoisotopic (exact) mass is 513 g/mol. The van der Waals surface area contributed by atoms with E-state index in [0.29, 0.717) is 19.0 Å². The normalized spacial score (nSPS) is 12.4. The molecule has 0 bridgehead atoms. The lowest BCUT2D eigenvalue weighted by Crippen LogP contribution is -2.37. The van der Waals surface area contributed by atoms with E-state index in [9.17, 15) is 0 Å². The van der Waals surface area contributed by atoms with Gasteiger partial charge in [-0.25, -0.2) is 4.98 Å². The number of guanidine groups is 1. The minimum Gasteiger partial charge on any atom is -0.490 e. The van der Waals surface area contributed by atoms with Crippen LogP contribution in [0.15, 0.2) is 35.6 Å². The molecule has 1 atom stereocenters. The molecular formula is C22H36IN5O. The van der Waals surface area contributed by atoms with Gasteiger partial charge in [-0.2, -0.15) is 0 Å². The molecule has 0 amide bonds. The molecule has 1 aromatic carbocycles. The molecule has 0 aliphatic heterocycles. The maximum Gasteiger partial charge on any atom is 0.191 e. The summed E-state index contributed by atoms with van der Waals surface area (Å²) in [5, 5.41) is 6.73. The molecule has 2 rings (SSSR count). The summed E-state index contributed by atoms with van der Waals surface area (Å²) in [6.07, 6.45) is 5.05. The van der Waals surface area contributed by atoms with E-state index in [-0.39, 0.29) is 30.1 Å². The van der Waals surface area contributed by atoms with Gasteiger partial charge in [0.15, 0.2) is 5.96 Å². The lowest BCUT2D eigenvalue weighted by Gasteiger charge is -2.18. The number of aliphatic imine (C=N–C) groups is 1. The van der Waals surface area contributed by atoms with Gasteiger partial charge in [-0.3, -0.25) is 4.99 Å². The van der Waals surface area contributed by atoms with E-state index in [1.54, 1.807) is 7.05 Å². The largest absolute Gasteiger partial charge is 0.490 e. The first kappa shape index (κ1) is 25.3. The van der Waals surface area contributed by atoms with Crippen LogP contribution in [0.3, 0.4) is 0 Å². The van der Waals surface area contributed by atoms with Gasteiger partial charge in [0.25, 0.3) is 0 Å². The summed E-state index contributed by atoms with van der Waals surface area (Å²) in [4.78, 5) is 8.79. The molecule has 0 spiro atoms. The molecule has 0 fully saturated rings. The number of imidazole rings is 1. The SMILES string of the molecule is CCC(C)Oc1cc(C)ccc1CNC(=NC)NCc1nccn1CC(C)C.I. The molecule has 7 heteroatoms. The molecule has 29 heavy (non-hydrogen) atoms. The lowest BCUT2D eigenvalue weighted by molar-refractivity contribution is 0.215. The van der Waals surface area contributed by atoms with Crippen LogP contribution in [0, 0.1) is 12.8 Å². The topological polar surface area (TPSA) is 63.5 Å². The minimum atomic E-state index is 0. The Morgan fingerprint density at radius 1 is 1.21 bits per heavy atom. The first-order valence-electron chi connectivity index (χ1n) is 10.1. The molecule has 2 aromatic rings. The van der Waals surface area contributed by atoms with Gasteiger partial charge in [-0.1, -0.05) is 32.9 Å². The fraction of sp³-hybridized carbons (Fsp3) is 0.545. The molecule has 0 aliphatic rings. The van der Waals surface area contributed by atoms with Gasteiger partial charge in [0, 0.05) is 38.1 Å². The second-order valence-electron chi connectivity index (χ2n) is 7.62. The quantitative estimate of drug-likeness (QED) is 0.294. The maximum atomic E-state index is 6.10. The van der Waals surface area contributed by atoms with Crippen LogP contribution in [0.25, 0.3) is 0 Å². The number of halogens is 1. The zero-order valence-electron chi connectivity index (χ0n) is 18.5. The van der Waals surface area contributed by atoms with Crippen molar-refractivity contribution in [1.82, 2.24) is 20.2 Å². The number of hydrogen-bond donors (Lipinski definition) is 2. The number of hydrogen-bond acceptors (Lipinski definition) is 3. The summed E-state index contributed by atoms with van der Waals surface area (Å²) in [5.41, 5.74) is 2.32. The van der Waals surface area contributed by atoms with Crippen LogP contribution >= 0.6 is 24.0 Å². The second-order valence-corrected chi connectivity index (χ2v) is 7.62. The van der Waals surface area contributed by atoms with Gasteiger partial charge in [0.2, 0.25) is 0 Å². The Labute approximate surface area is 192 Å². The Morgan fingerprint density at radius 2 is 1.93 bits per heavy atom. The maximum absolute atomic E-state index is 6.10. The van der Waals surface area contributed by atoms with E-state index >= 15 is 0 Å². The molecule has 1 unspecified atom stereocenters. The van der Waals surface area contributed by atoms with Crippen molar-refractivity contribution < 1.29 is 4.74 Å². The molecular weight excluding hydrogens is 477 g/mol. The van der Waals surface area contributed by atoms with E-state index in [1.165, 1.54) is 5.56 Å². The van der Waals surface area contributed by atoms with Gasteiger partial charge in [0.1, 0.15) is 11.6 Å². The summed E-state index contributed by atoms with van der Waals surface area (Å²) in [5.74, 6) is 3.27. The number of rotatable bonds is 9. The average Bonchev–Trinajstić information content (AvgIpc) is 3.09. The van der Waals surface area contributed by atoms with Crippen molar-refractivity contribution >= 4 is 29.9 Å². The molecule has 0 saturated carbocycles. The molecule has 2 N–H and O–H groups in total.